The Bertz CT molecular complexity index is 1370. The molecule has 1 N–H and O–H groups in total. The monoisotopic (exact) mass is 449 g/mol. The molecule has 2 heterocycles. The van der Waals surface area contributed by atoms with E-state index in [1.807, 2.05) is 6.92 Å². The minimum atomic E-state index is -5.25. The van der Waals surface area contributed by atoms with Gasteiger partial charge in [0, 0.05) is 27.4 Å². The number of ether oxygens (including phenoxy) is 3. The second-order valence-electron chi connectivity index (χ2n) is 6.79. The Morgan fingerprint density at radius 3 is 2.25 bits per heavy atom. The van der Waals surface area contributed by atoms with Crippen LogP contribution in [-0.2, 0) is 4.79 Å². The fourth-order valence-electron chi connectivity index (χ4n) is 3.38. The van der Waals surface area contributed by atoms with Gasteiger partial charge in [0.2, 0.25) is 0 Å². The van der Waals surface area contributed by atoms with Crippen LogP contribution in [0.4, 0.5) is 17.6 Å². The molecule has 0 saturated carbocycles. The summed E-state index contributed by atoms with van der Waals surface area (Å²) >= 11 is 0. The van der Waals surface area contributed by atoms with Gasteiger partial charge in [-0.25, -0.2) is 14.2 Å². The first kappa shape index (κ1) is 21.3. The van der Waals surface area contributed by atoms with E-state index >= 15 is 0 Å². The van der Waals surface area contributed by atoms with Gasteiger partial charge in [-0.1, -0.05) is 0 Å². The molecule has 32 heavy (non-hydrogen) atoms. The van der Waals surface area contributed by atoms with Crippen molar-refractivity contribution in [2.75, 3.05) is 14.2 Å². The van der Waals surface area contributed by atoms with Crippen LogP contribution in [0.1, 0.15) is 5.69 Å². The number of pyridine rings is 1. The van der Waals surface area contributed by atoms with Gasteiger partial charge in [0.25, 0.3) is 0 Å². The molecule has 0 radical (unpaired) electrons. The highest BCUT2D eigenvalue weighted by Gasteiger charge is 2.41. The largest absolute Gasteiger partial charge is 0.493 e. The van der Waals surface area contributed by atoms with E-state index in [9.17, 15) is 22.4 Å². The summed E-state index contributed by atoms with van der Waals surface area (Å²) < 4.78 is 66.7. The zero-order chi connectivity index (χ0) is 23.2. The van der Waals surface area contributed by atoms with Gasteiger partial charge in [0.15, 0.2) is 28.7 Å². The van der Waals surface area contributed by atoms with Crippen molar-refractivity contribution in [3.63, 3.8) is 0 Å². The third kappa shape index (κ3) is 3.55. The van der Waals surface area contributed by atoms with Gasteiger partial charge in [0.05, 0.1) is 19.9 Å². The lowest BCUT2D eigenvalue weighted by Gasteiger charge is -2.13. The molecule has 7 nitrogen and oxygen atoms in total. The number of benzene rings is 2. The van der Waals surface area contributed by atoms with E-state index in [-0.39, 0.29) is 5.56 Å². The first-order chi connectivity index (χ1) is 15.1. The normalized spacial score (nSPS) is 11.7. The second kappa shape index (κ2) is 7.66. The van der Waals surface area contributed by atoms with Crippen molar-refractivity contribution < 1.29 is 36.6 Å². The minimum absolute atomic E-state index is 0.231. The maximum absolute atomic E-state index is 14.5. The van der Waals surface area contributed by atoms with Crippen molar-refractivity contribution in [3.8, 4) is 28.5 Å². The van der Waals surface area contributed by atoms with Gasteiger partial charge in [-0.2, -0.15) is 18.3 Å². The van der Waals surface area contributed by atoms with Gasteiger partial charge in [-0.3, -0.25) is 5.10 Å². The third-order valence-corrected chi connectivity index (χ3v) is 4.83. The number of carbonyl (C=O) groups excluding carboxylic acids is 1. The van der Waals surface area contributed by atoms with Crippen molar-refractivity contribution in [2.45, 2.75) is 13.1 Å². The molecule has 0 aliphatic rings. The maximum Gasteiger partial charge on any atom is 0.491 e. The minimum Gasteiger partial charge on any atom is -0.493 e. The van der Waals surface area contributed by atoms with Crippen molar-refractivity contribution in [1.82, 2.24) is 15.2 Å². The highest BCUT2D eigenvalue weighted by Crippen LogP contribution is 2.40. The highest BCUT2D eigenvalue weighted by atomic mass is 19.4. The van der Waals surface area contributed by atoms with E-state index in [0.717, 1.165) is 23.2 Å². The van der Waals surface area contributed by atoms with Crippen molar-refractivity contribution in [3.05, 3.63) is 41.8 Å². The molecule has 0 spiro atoms. The van der Waals surface area contributed by atoms with Crippen molar-refractivity contribution >= 4 is 27.8 Å². The standard InChI is InChI=1S/C21H15F4N3O4/c1-9-17-11-7-15(30-2)16(31-3)8-12(11)18(26-19(17)28-27-9)10-4-5-14(13(22)6-10)32-20(29)21(23,24)25/h4-8H,1-3H3,(H,26,27,28). The third-order valence-electron chi connectivity index (χ3n) is 4.83. The first-order valence-corrected chi connectivity index (χ1v) is 9.13. The number of carbonyl (C=O) groups is 1. The molecule has 166 valence electrons. The number of alkyl halides is 3. The number of fused-ring (bicyclic) bond motifs is 3. The molecule has 0 saturated heterocycles. The number of aromatic nitrogens is 3. The molecule has 0 atom stereocenters. The Hall–Kier alpha value is -3.89. The average Bonchev–Trinajstić information content (AvgIpc) is 3.13. The zero-order valence-electron chi connectivity index (χ0n) is 16.9. The molecule has 2 aromatic carbocycles. The molecule has 0 amide bonds. The van der Waals surface area contributed by atoms with Crippen LogP contribution in [-0.4, -0.2) is 41.5 Å². The molecular formula is C21H15F4N3O4. The number of halogens is 4. The predicted octanol–water partition coefficient (Wildman–Crippen LogP) is 4.71. The van der Waals surface area contributed by atoms with Gasteiger partial charge >= 0.3 is 12.1 Å². The quantitative estimate of drug-likeness (QED) is 0.276. The molecule has 4 aromatic rings. The molecular weight excluding hydrogens is 434 g/mol. The van der Waals surface area contributed by atoms with Gasteiger partial charge in [0.1, 0.15) is 0 Å². The van der Waals surface area contributed by atoms with E-state index in [4.69, 9.17) is 9.47 Å². The Labute approximate surface area is 177 Å². The summed E-state index contributed by atoms with van der Waals surface area (Å²) in [5.41, 5.74) is 1.63. The summed E-state index contributed by atoms with van der Waals surface area (Å²) in [7, 11) is 2.95. The van der Waals surface area contributed by atoms with E-state index in [2.05, 4.69) is 19.9 Å². The zero-order valence-corrected chi connectivity index (χ0v) is 16.9. The Morgan fingerprint density at radius 2 is 1.66 bits per heavy atom. The number of H-pyrrole nitrogens is 1. The number of rotatable bonds is 4. The van der Waals surface area contributed by atoms with E-state index in [1.54, 1.807) is 12.1 Å². The summed E-state index contributed by atoms with van der Waals surface area (Å²) in [6.45, 7) is 1.82. The summed E-state index contributed by atoms with van der Waals surface area (Å²) in [5, 5.41) is 9.00. The SMILES string of the molecule is COc1cc2c(-c3ccc(OC(=O)C(F)(F)F)c(F)c3)nc3n[nH]c(C)c3c2cc1OC. The molecule has 0 unspecified atom stereocenters. The molecule has 0 aliphatic carbocycles. The number of methoxy groups -OCH3 is 2. The highest BCUT2D eigenvalue weighted by molar-refractivity contribution is 6.12. The topological polar surface area (TPSA) is 86.3 Å². The lowest BCUT2D eigenvalue weighted by molar-refractivity contribution is -0.189. The van der Waals surface area contributed by atoms with Crippen LogP contribution < -0.4 is 14.2 Å². The maximum atomic E-state index is 14.5. The van der Waals surface area contributed by atoms with Gasteiger partial charge in [-0.05, 0) is 37.3 Å². The van der Waals surface area contributed by atoms with Crippen LogP contribution in [0.5, 0.6) is 17.2 Å². The lowest BCUT2D eigenvalue weighted by Crippen LogP contribution is -2.28. The van der Waals surface area contributed by atoms with Crippen LogP contribution in [0, 0.1) is 12.7 Å². The average molecular weight is 449 g/mol. The molecule has 11 heteroatoms. The van der Waals surface area contributed by atoms with Crippen molar-refractivity contribution in [1.29, 1.82) is 0 Å². The number of esters is 1. The molecule has 2 aromatic heterocycles. The molecule has 0 bridgehead atoms. The molecule has 0 fully saturated rings. The van der Waals surface area contributed by atoms with Gasteiger partial charge in [-0.15, -0.1) is 0 Å². The number of nitrogens with one attached hydrogen (secondary N) is 1. The lowest BCUT2D eigenvalue weighted by atomic mass is 10.00. The fourth-order valence-corrected chi connectivity index (χ4v) is 3.38. The summed E-state index contributed by atoms with van der Waals surface area (Å²) in [6.07, 6.45) is -5.25. The number of nitrogens with zero attached hydrogens (tertiary/aromatic N) is 2. The van der Waals surface area contributed by atoms with Crippen LogP contribution in [0.3, 0.4) is 0 Å². The number of aryl methyl sites for hydroxylation is 1. The van der Waals surface area contributed by atoms with Gasteiger partial charge < -0.3 is 14.2 Å². The summed E-state index contributed by atoms with van der Waals surface area (Å²) in [4.78, 5) is 15.5. The van der Waals surface area contributed by atoms with Crippen molar-refractivity contribution in [2.24, 2.45) is 0 Å². The fraction of sp³-hybridized carbons (Fsp3) is 0.190. The Kier molecular flexibility index (Phi) is 5.11. The summed E-state index contributed by atoms with van der Waals surface area (Å²) in [5.74, 6) is -3.66. The second-order valence-corrected chi connectivity index (χ2v) is 6.79. The predicted molar refractivity (Wildman–Crippen MR) is 106 cm³/mol. The van der Waals surface area contributed by atoms with Crippen LogP contribution in [0.15, 0.2) is 30.3 Å². The first-order valence-electron chi connectivity index (χ1n) is 9.13. The van der Waals surface area contributed by atoms with E-state index < -0.39 is 23.7 Å². The number of hydrogen-bond donors (Lipinski definition) is 1. The molecule has 4 rings (SSSR count). The Balaban J connectivity index is 1.92. The smallest absolute Gasteiger partial charge is 0.491 e. The number of aromatic amines is 1. The van der Waals surface area contributed by atoms with Crippen LogP contribution >= 0.6 is 0 Å². The van der Waals surface area contributed by atoms with Crippen LogP contribution in [0.25, 0.3) is 33.1 Å². The molecule has 0 aliphatic heterocycles. The summed E-state index contributed by atoms with van der Waals surface area (Å²) in [6, 6.07) is 6.56. The Morgan fingerprint density at radius 1 is 1.00 bits per heavy atom. The van der Waals surface area contributed by atoms with E-state index in [0.29, 0.717) is 33.6 Å². The van der Waals surface area contributed by atoms with E-state index in [1.165, 1.54) is 20.3 Å². The van der Waals surface area contributed by atoms with Crippen LogP contribution in [0.2, 0.25) is 0 Å². The number of hydrogen-bond acceptors (Lipinski definition) is 6.